The van der Waals surface area contributed by atoms with Crippen LogP contribution in [-0.2, 0) is 20.8 Å². The van der Waals surface area contributed by atoms with Crippen molar-refractivity contribution in [2.75, 3.05) is 13.1 Å². The number of carbonyl (C=O) groups excluding carboxylic acids is 2. The number of rotatable bonds is 4. The third-order valence-electron chi connectivity index (χ3n) is 2.95. The molecule has 1 saturated heterocycles. The zero-order valence-corrected chi connectivity index (χ0v) is 10.2. The van der Waals surface area contributed by atoms with Crippen LogP contribution in [0.15, 0.2) is 22.8 Å². The van der Waals surface area contributed by atoms with Crippen LogP contribution in [-0.4, -0.2) is 46.9 Å². The summed E-state index contributed by atoms with van der Waals surface area (Å²) in [5.74, 6) is -1.17. The molecular formula is C12H14N2O5. The molecule has 0 spiro atoms. The average Bonchev–Trinajstić information content (AvgIpc) is 2.88. The lowest BCUT2D eigenvalue weighted by Gasteiger charge is -2.32. The number of carboxylic acid groups (broad SMARTS) is 1. The van der Waals surface area contributed by atoms with Crippen molar-refractivity contribution in [2.24, 2.45) is 0 Å². The Morgan fingerprint density at radius 3 is 2.95 bits per heavy atom. The summed E-state index contributed by atoms with van der Waals surface area (Å²) in [7, 11) is 0. The highest BCUT2D eigenvalue weighted by molar-refractivity contribution is 5.91. The third-order valence-corrected chi connectivity index (χ3v) is 2.95. The number of aliphatic carboxylic acids is 1. The molecule has 1 unspecified atom stereocenters. The summed E-state index contributed by atoms with van der Waals surface area (Å²) in [6, 6.07) is 2.46. The molecule has 1 aromatic rings. The number of carbonyl (C=O) groups is 3. The van der Waals surface area contributed by atoms with Crippen LogP contribution in [0.4, 0.5) is 0 Å². The van der Waals surface area contributed by atoms with Gasteiger partial charge < -0.3 is 19.7 Å². The highest BCUT2D eigenvalue weighted by Gasteiger charge is 2.34. The first-order chi connectivity index (χ1) is 9.08. The smallest absolute Gasteiger partial charge is 0.328 e. The number of furan rings is 1. The van der Waals surface area contributed by atoms with Gasteiger partial charge in [-0.25, -0.2) is 4.79 Å². The second kappa shape index (κ2) is 5.55. The molecular weight excluding hydrogens is 252 g/mol. The van der Waals surface area contributed by atoms with Crippen LogP contribution in [0, 0.1) is 0 Å². The average molecular weight is 266 g/mol. The van der Waals surface area contributed by atoms with Crippen LogP contribution in [0.1, 0.15) is 12.2 Å². The molecule has 2 rings (SSSR count). The summed E-state index contributed by atoms with van der Waals surface area (Å²) >= 11 is 0. The van der Waals surface area contributed by atoms with Crippen molar-refractivity contribution in [3.05, 3.63) is 24.2 Å². The number of nitrogens with one attached hydrogen (secondary N) is 1. The minimum atomic E-state index is -1.12. The van der Waals surface area contributed by atoms with Crippen molar-refractivity contribution in [1.82, 2.24) is 10.2 Å². The largest absolute Gasteiger partial charge is 0.480 e. The first-order valence-corrected chi connectivity index (χ1v) is 5.89. The fourth-order valence-electron chi connectivity index (χ4n) is 1.95. The summed E-state index contributed by atoms with van der Waals surface area (Å²) in [6.07, 6.45) is 2.01. The van der Waals surface area contributed by atoms with E-state index in [0.717, 1.165) is 4.90 Å². The van der Waals surface area contributed by atoms with Crippen molar-refractivity contribution in [3.63, 3.8) is 0 Å². The van der Waals surface area contributed by atoms with Crippen LogP contribution in [0.25, 0.3) is 0 Å². The van der Waals surface area contributed by atoms with E-state index < -0.39 is 12.0 Å². The molecule has 7 heteroatoms. The van der Waals surface area contributed by atoms with Crippen molar-refractivity contribution < 1.29 is 23.9 Å². The summed E-state index contributed by atoms with van der Waals surface area (Å²) in [5, 5.41) is 11.5. The van der Waals surface area contributed by atoms with Gasteiger partial charge in [-0.15, -0.1) is 0 Å². The second-order valence-electron chi connectivity index (χ2n) is 4.26. The number of nitrogens with zero attached hydrogens (tertiary/aromatic N) is 1. The van der Waals surface area contributed by atoms with Crippen LogP contribution < -0.4 is 5.32 Å². The zero-order valence-electron chi connectivity index (χ0n) is 10.2. The molecule has 1 atom stereocenters. The number of amides is 2. The van der Waals surface area contributed by atoms with Crippen LogP contribution in [0.2, 0.25) is 0 Å². The Bertz CT molecular complexity index is 482. The molecule has 2 N–H and O–H groups in total. The fraction of sp³-hybridized carbons (Fsp3) is 0.417. The Morgan fingerprint density at radius 1 is 1.53 bits per heavy atom. The van der Waals surface area contributed by atoms with E-state index in [1.54, 1.807) is 12.1 Å². The predicted molar refractivity (Wildman–Crippen MR) is 63.2 cm³/mol. The van der Waals surface area contributed by atoms with E-state index in [4.69, 9.17) is 9.52 Å². The molecule has 2 heterocycles. The van der Waals surface area contributed by atoms with Crippen LogP contribution in [0.3, 0.4) is 0 Å². The van der Waals surface area contributed by atoms with E-state index >= 15 is 0 Å². The van der Waals surface area contributed by atoms with Crippen LogP contribution >= 0.6 is 0 Å². The highest BCUT2D eigenvalue weighted by Crippen LogP contribution is 2.10. The van der Waals surface area contributed by atoms with E-state index in [1.165, 1.54) is 6.26 Å². The molecule has 0 radical (unpaired) electrons. The number of hydrogen-bond donors (Lipinski definition) is 2. The lowest BCUT2D eigenvalue weighted by Crippen LogP contribution is -2.59. The standard InChI is InChI=1S/C12H14N2O5/c15-10-7-14(9(6-13-10)12(17)18)11(16)4-3-8-2-1-5-19-8/h1-2,5,9H,3-4,6-7H2,(H,13,15)(H,17,18). The number of hydrogen-bond acceptors (Lipinski definition) is 4. The predicted octanol–water partition coefficient (Wildman–Crippen LogP) is -0.376. The van der Waals surface area contributed by atoms with E-state index in [2.05, 4.69) is 5.32 Å². The van der Waals surface area contributed by atoms with Gasteiger partial charge in [-0.3, -0.25) is 9.59 Å². The van der Waals surface area contributed by atoms with Crippen molar-refractivity contribution in [2.45, 2.75) is 18.9 Å². The van der Waals surface area contributed by atoms with Gasteiger partial charge in [0, 0.05) is 19.4 Å². The quantitative estimate of drug-likeness (QED) is 0.774. The number of carboxylic acids is 1. The van der Waals surface area contributed by atoms with Gasteiger partial charge in [-0.05, 0) is 12.1 Å². The molecule has 2 amide bonds. The second-order valence-corrected chi connectivity index (χ2v) is 4.26. The Morgan fingerprint density at radius 2 is 2.32 bits per heavy atom. The normalized spacial score (nSPS) is 19.1. The lowest BCUT2D eigenvalue weighted by atomic mass is 10.1. The Labute approximate surface area is 109 Å². The maximum atomic E-state index is 12.0. The van der Waals surface area contributed by atoms with Gasteiger partial charge in [0.2, 0.25) is 11.8 Å². The molecule has 0 saturated carbocycles. The highest BCUT2D eigenvalue weighted by atomic mass is 16.4. The Balaban J connectivity index is 1.98. The Hall–Kier alpha value is -2.31. The molecule has 19 heavy (non-hydrogen) atoms. The Kier molecular flexibility index (Phi) is 3.84. The summed E-state index contributed by atoms with van der Waals surface area (Å²) in [5.41, 5.74) is 0. The zero-order chi connectivity index (χ0) is 13.8. The van der Waals surface area contributed by atoms with Gasteiger partial charge >= 0.3 is 5.97 Å². The SMILES string of the molecule is O=C1CN(C(=O)CCc2ccco2)C(C(=O)O)CN1. The molecule has 1 fully saturated rings. The van der Waals surface area contributed by atoms with E-state index in [9.17, 15) is 14.4 Å². The molecule has 7 nitrogen and oxygen atoms in total. The van der Waals surface area contributed by atoms with Gasteiger partial charge in [0.1, 0.15) is 18.3 Å². The first-order valence-electron chi connectivity index (χ1n) is 5.89. The van der Waals surface area contributed by atoms with Gasteiger partial charge in [-0.1, -0.05) is 0 Å². The minimum absolute atomic E-state index is 0.0549. The van der Waals surface area contributed by atoms with Crippen molar-refractivity contribution >= 4 is 17.8 Å². The maximum Gasteiger partial charge on any atom is 0.328 e. The summed E-state index contributed by atoms with van der Waals surface area (Å²) in [6.45, 7) is -0.269. The molecule has 1 aromatic heterocycles. The monoisotopic (exact) mass is 266 g/mol. The van der Waals surface area contributed by atoms with E-state index in [1.807, 2.05) is 0 Å². The third kappa shape index (κ3) is 3.12. The first kappa shape index (κ1) is 13.1. The number of piperazine rings is 1. The topological polar surface area (TPSA) is 99.9 Å². The maximum absolute atomic E-state index is 12.0. The molecule has 1 aliphatic rings. The number of aryl methyl sites for hydroxylation is 1. The fourth-order valence-corrected chi connectivity index (χ4v) is 1.95. The summed E-state index contributed by atoms with van der Waals surface area (Å²) < 4.78 is 5.10. The van der Waals surface area contributed by atoms with E-state index in [-0.39, 0.29) is 31.3 Å². The van der Waals surface area contributed by atoms with Crippen molar-refractivity contribution in [3.8, 4) is 0 Å². The molecule has 1 aliphatic heterocycles. The van der Waals surface area contributed by atoms with Gasteiger partial charge in [0.15, 0.2) is 0 Å². The molecule has 0 aliphatic carbocycles. The van der Waals surface area contributed by atoms with Crippen LogP contribution in [0.5, 0.6) is 0 Å². The lowest BCUT2D eigenvalue weighted by molar-refractivity contribution is -0.154. The van der Waals surface area contributed by atoms with E-state index in [0.29, 0.717) is 12.2 Å². The van der Waals surface area contributed by atoms with Crippen molar-refractivity contribution in [1.29, 1.82) is 0 Å². The molecule has 102 valence electrons. The molecule has 0 bridgehead atoms. The van der Waals surface area contributed by atoms with Gasteiger partial charge in [0.25, 0.3) is 0 Å². The molecule has 0 aromatic carbocycles. The minimum Gasteiger partial charge on any atom is -0.480 e. The van der Waals surface area contributed by atoms with Gasteiger partial charge in [-0.2, -0.15) is 0 Å². The van der Waals surface area contributed by atoms with Gasteiger partial charge in [0.05, 0.1) is 6.26 Å². The summed E-state index contributed by atoms with van der Waals surface area (Å²) in [4.78, 5) is 35.4.